The first-order valence-electron chi connectivity index (χ1n) is 9.92. The van der Waals surface area contributed by atoms with Gasteiger partial charge in [0.2, 0.25) is 0 Å². The van der Waals surface area contributed by atoms with Gasteiger partial charge in [0.1, 0.15) is 17.6 Å². The van der Waals surface area contributed by atoms with Crippen LogP contribution in [0, 0.1) is 17.2 Å². The van der Waals surface area contributed by atoms with E-state index in [-0.39, 0.29) is 5.69 Å². The second-order valence-corrected chi connectivity index (χ2v) is 7.18. The van der Waals surface area contributed by atoms with E-state index in [0.29, 0.717) is 17.6 Å². The number of benzene rings is 1. The van der Waals surface area contributed by atoms with E-state index >= 15 is 0 Å². The molecule has 3 aromatic rings. The zero-order valence-electron chi connectivity index (χ0n) is 16.8. The van der Waals surface area contributed by atoms with Crippen LogP contribution in [0.5, 0.6) is 5.75 Å². The van der Waals surface area contributed by atoms with Gasteiger partial charge in [-0.2, -0.15) is 10.4 Å². The summed E-state index contributed by atoms with van der Waals surface area (Å²) in [4.78, 5) is 8.14. The summed E-state index contributed by atoms with van der Waals surface area (Å²) in [5.41, 5.74) is 3.04. The molecule has 0 aliphatic carbocycles. The van der Waals surface area contributed by atoms with Gasteiger partial charge in [-0.25, -0.2) is 9.97 Å². The Kier molecular flexibility index (Phi) is 6.06. The van der Waals surface area contributed by atoms with Crippen molar-refractivity contribution in [3.05, 3.63) is 42.4 Å². The summed E-state index contributed by atoms with van der Waals surface area (Å²) in [7, 11) is 1.66. The van der Waals surface area contributed by atoms with Gasteiger partial charge in [0, 0.05) is 29.9 Å². The third-order valence-corrected chi connectivity index (χ3v) is 5.15. The van der Waals surface area contributed by atoms with Gasteiger partial charge < -0.3 is 20.7 Å². The molecule has 1 aromatic carbocycles. The van der Waals surface area contributed by atoms with Crippen LogP contribution in [-0.2, 0) is 0 Å². The van der Waals surface area contributed by atoms with E-state index in [1.54, 1.807) is 7.11 Å². The summed E-state index contributed by atoms with van der Waals surface area (Å²) in [6.45, 7) is 3.16. The van der Waals surface area contributed by atoms with Crippen molar-refractivity contribution in [3.8, 4) is 23.1 Å². The fourth-order valence-corrected chi connectivity index (χ4v) is 3.48. The SMILES string of the molecule is COc1cc(NCC2CCNCC2)ccc1-c1cc(Nc2cnc(C#N)cn2)n[nH]1. The molecule has 4 rings (SSSR count). The molecule has 154 valence electrons. The summed E-state index contributed by atoms with van der Waals surface area (Å²) in [5.74, 6) is 2.57. The van der Waals surface area contributed by atoms with Gasteiger partial charge in [-0.1, -0.05) is 0 Å². The van der Waals surface area contributed by atoms with E-state index in [0.717, 1.165) is 42.3 Å². The van der Waals surface area contributed by atoms with E-state index in [2.05, 4.69) is 42.2 Å². The Morgan fingerprint density at radius 2 is 2.03 bits per heavy atom. The first-order chi connectivity index (χ1) is 14.7. The van der Waals surface area contributed by atoms with E-state index < -0.39 is 0 Å². The van der Waals surface area contributed by atoms with Gasteiger partial charge in [-0.15, -0.1) is 0 Å². The Balaban J connectivity index is 1.44. The molecular weight excluding hydrogens is 380 g/mol. The van der Waals surface area contributed by atoms with Crippen LogP contribution >= 0.6 is 0 Å². The molecule has 1 aliphatic rings. The van der Waals surface area contributed by atoms with Gasteiger partial charge in [0.05, 0.1) is 25.2 Å². The molecule has 0 amide bonds. The zero-order chi connectivity index (χ0) is 20.8. The number of nitriles is 1. The number of H-pyrrole nitrogens is 1. The van der Waals surface area contributed by atoms with Crippen molar-refractivity contribution < 1.29 is 4.74 Å². The van der Waals surface area contributed by atoms with Gasteiger partial charge in [-0.05, 0) is 44.0 Å². The van der Waals surface area contributed by atoms with Gasteiger partial charge in [0.25, 0.3) is 0 Å². The third-order valence-electron chi connectivity index (χ3n) is 5.15. The number of methoxy groups -OCH3 is 1. The summed E-state index contributed by atoms with van der Waals surface area (Å²) in [6, 6.07) is 9.90. The van der Waals surface area contributed by atoms with E-state index in [1.807, 2.05) is 24.3 Å². The molecule has 0 bridgehead atoms. The second kappa shape index (κ2) is 9.24. The quantitative estimate of drug-likeness (QED) is 0.474. The maximum atomic E-state index is 8.81. The molecule has 1 aliphatic heterocycles. The fraction of sp³-hybridized carbons (Fsp3) is 0.333. The topological polar surface area (TPSA) is 124 Å². The minimum Gasteiger partial charge on any atom is -0.496 e. The lowest BCUT2D eigenvalue weighted by molar-refractivity contribution is 0.389. The molecule has 0 saturated carbocycles. The van der Waals surface area contributed by atoms with E-state index in [9.17, 15) is 0 Å². The van der Waals surface area contributed by atoms with Crippen molar-refractivity contribution in [2.24, 2.45) is 5.92 Å². The maximum absolute atomic E-state index is 8.81. The molecule has 1 saturated heterocycles. The summed E-state index contributed by atoms with van der Waals surface area (Å²) < 4.78 is 5.61. The predicted molar refractivity (Wildman–Crippen MR) is 115 cm³/mol. The van der Waals surface area contributed by atoms with Crippen molar-refractivity contribution in [3.63, 3.8) is 0 Å². The van der Waals surface area contributed by atoms with Crippen molar-refractivity contribution >= 4 is 17.3 Å². The highest BCUT2D eigenvalue weighted by atomic mass is 16.5. The highest BCUT2D eigenvalue weighted by Crippen LogP contribution is 2.33. The summed E-state index contributed by atoms with van der Waals surface area (Å²) in [5, 5.41) is 26.1. The van der Waals surface area contributed by atoms with Crippen LogP contribution in [0.25, 0.3) is 11.3 Å². The van der Waals surface area contributed by atoms with Crippen molar-refractivity contribution in [2.75, 3.05) is 37.4 Å². The number of anilines is 3. The highest BCUT2D eigenvalue weighted by molar-refractivity contribution is 5.73. The molecule has 9 heteroatoms. The average Bonchev–Trinajstić information content (AvgIpc) is 3.27. The van der Waals surface area contributed by atoms with Crippen molar-refractivity contribution in [1.82, 2.24) is 25.5 Å². The summed E-state index contributed by atoms with van der Waals surface area (Å²) in [6.07, 6.45) is 5.32. The lowest BCUT2D eigenvalue weighted by Crippen LogP contribution is -2.31. The summed E-state index contributed by atoms with van der Waals surface area (Å²) >= 11 is 0. The van der Waals surface area contributed by atoms with E-state index in [1.165, 1.54) is 25.2 Å². The molecule has 4 N–H and O–H groups in total. The van der Waals surface area contributed by atoms with Crippen LogP contribution in [0.15, 0.2) is 36.7 Å². The van der Waals surface area contributed by atoms with E-state index in [4.69, 9.17) is 10.00 Å². The molecule has 3 heterocycles. The molecule has 1 fully saturated rings. The zero-order valence-corrected chi connectivity index (χ0v) is 16.8. The fourth-order valence-electron chi connectivity index (χ4n) is 3.48. The number of piperidine rings is 1. The Bertz CT molecular complexity index is 1020. The number of nitrogens with zero attached hydrogens (tertiary/aromatic N) is 4. The standard InChI is InChI=1S/C21H24N8O/c1-30-19-8-15(24-11-14-4-6-23-7-5-14)2-3-17(19)18-9-20(29-28-18)27-21-13-25-16(10-22)12-26-21/h2-3,8-9,12-14,23-24H,4-7,11H2,1H3,(H2,26,27,28,29). The monoisotopic (exact) mass is 404 g/mol. The second-order valence-electron chi connectivity index (χ2n) is 7.18. The van der Waals surface area contributed by atoms with Crippen LogP contribution in [-0.4, -0.2) is 46.9 Å². The maximum Gasteiger partial charge on any atom is 0.158 e. The predicted octanol–water partition coefficient (Wildman–Crippen LogP) is 2.90. The Morgan fingerprint density at radius 1 is 1.17 bits per heavy atom. The average molecular weight is 404 g/mol. The number of aromatic nitrogens is 4. The molecule has 0 spiro atoms. The molecule has 2 aromatic heterocycles. The normalized spacial score (nSPS) is 14.1. The first-order valence-corrected chi connectivity index (χ1v) is 9.92. The number of hydrogen-bond donors (Lipinski definition) is 4. The highest BCUT2D eigenvalue weighted by Gasteiger charge is 2.14. The first kappa shape index (κ1) is 19.7. The van der Waals surface area contributed by atoms with Crippen LogP contribution in [0.4, 0.5) is 17.3 Å². The van der Waals surface area contributed by atoms with Crippen LogP contribution in [0.2, 0.25) is 0 Å². The number of ether oxygens (including phenoxy) is 1. The third kappa shape index (κ3) is 4.67. The number of hydrogen-bond acceptors (Lipinski definition) is 8. The number of nitrogens with one attached hydrogen (secondary N) is 4. The lowest BCUT2D eigenvalue weighted by atomic mass is 9.98. The van der Waals surface area contributed by atoms with Gasteiger partial charge in [0.15, 0.2) is 11.5 Å². The molecule has 0 atom stereocenters. The number of rotatable bonds is 7. The van der Waals surface area contributed by atoms with Crippen molar-refractivity contribution in [2.45, 2.75) is 12.8 Å². The van der Waals surface area contributed by atoms with Gasteiger partial charge in [-0.3, -0.25) is 5.10 Å². The molecule has 0 radical (unpaired) electrons. The molecule has 30 heavy (non-hydrogen) atoms. The molecule has 0 unspecified atom stereocenters. The number of aromatic amines is 1. The van der Waals surface area contributed by atoms with Crippen molar-refractivity contribution in [1.29, 1.82) is 5.26 Å². The largest absolute Gasteiger partial charge is 0.496 e. The Morgan fingerprint density at radius 3 is 2.77 bits per heavy atom. The van der Waals surface area contributed by atoms with Crippen LogP contribution in [0.3, 0.4) is 0 Å². The van der Waals surface area contributed by atoms with Crippen LogP contribution < -0.4 is 20.7 Å². The minimum absolute atomic E-state index is 0.266. The molecular formula is C21H24N8O. The van der Waals surface area contributed by atoms with Gasteiger partial charge >= 0.3 is 0 Å². The van der Waals surface area contributed by atoms with Crippen LogP contribution in [0.1, 0.15) is 18.5 Å². The Hall–Kier alpha value is -3.64. The Labute approximate surface area is 174 Å². The minimum atomic E-state index is 0.266. The smallest absolute Gasteiger partial charge is 0.158 e. The lowest BCUT2D eigenvalue weighted by Gasteiger charge is -2.23. The molecule has 9 nitrogen and oxygen atoms in total.